The molecule has 0 fully saturated rings. The smallest absolute Gasteiger partial charge is 0.196 e. The zero-order valence-electron chi connectivity index (χ0n) is 9.78. The lowest BCUT2D eigenvalue weighted by atomic mass is 9.98. The average molecular weight is 247 g/mol. The lowest BCUT2D eigenvalue weighted by molar-refractivity contribution is 0.103. The predicted octanol–water partition coefficient (Wildman–Crippen LogP) is 3.15. The number of carbonyl (C=O) groups is 1. The third kappa shape index (κ3) is 2.27. The van der Waals surface area contributed by atoms with Gasteiger partial charge in [0, 0.05) is 18.0 Å². The van der Waals surface area contributed by atoms with Gasteiger partial charge in [-0.15, -0.1) is 0 Å². The quantitative estimate of drug-likeness (QED) is 0.780. The molecule has 0 N–H and O–H groups in total. The highest BCUT2D eigenvalue weighted by Crippen LogP contribution is 2.17. The summed E-state index contributed by atoms with van der Waals surface area (Å²) in [5, 5.41) is 0. The van der Waals surface area contributed by atoms with E-state index in [0.717, 1.165) is 18.2 Å². The molecule has 0 aliphatic heterocycles. The molecule has 0 bridgehead atoms. The van der Waals surface area contributed by atoms with Crippen LogP contribution in [0, 0.1) is 11.6 Å². The minimum absolute atomic E-state index is 0.254. The maximum Gasteiger partial charge on any atom is 0.196 e. The Kier molecular flexibility index (Phi) is 3.46. The maximum atomic E-state index is 13.5. The molecule has 0 aliphatic carbocycles. The topological polar surface area (TPSA) is 30.0 Å². The second-order valence-electron chi connectivity index (χ2n) is 3.84. The van der Waals surface area contributed by atoms with Gasteiger partial charge in [0.1, 0.15) is 11.6 Å². The molecule has 0 radical (unpaired) electrons. The highest BCUT2D eigenvalue weighted by Gasteiger charge is 2.17. The predicted molar refractivity (Wildman–Crippen MR) is 63.4 cm³/mol. The molecular formula is C14H11F2NO. The number of aromatic nitrogens is 1. The van der Waals surface area contributed by atoms with Crippen molar-refractivity contribution in [3.63, 3.8) is 0 Å². The van der Waals surface area contributed by atoms with Gasteiger partial charge in [-0.25, -0.2) is 8.78 Å². The summed E-state index contributed by atoms with van der Waals surface area (Å²) >= 11 is 0. The third-order valence-corrected chi connectivity index (χ3v) is 2.70. The molecule has 2 aromatic rings. The van der Waals surface area contributed by atoms with Crippen LogP contribution < -0.4 is 0 Å². The lowest BCUT2D eigenvalue weighted by Crippen LogP contribution is -2.08. The van der Waals surface area contributed by atoms with E-state index in [9.17, 15) is 13.6 Å². The third-order valence-electron chi connectivity index (χ3n) is 2.70. The Bertz CT molecular complexity index is 596. The maximum absolute atomic E-state index is 13.5. The van der Waals surface area contributed by atoms with Gasteiger partial charge in [0.2, 0.25) is 0 Å². The van der Waals surface area contributed by atoms with Crippen LogP contribution in [0.25, 0.3) is 0 Å². The number of hydrogen-bond acceptors (Lipinski definition) is 2. The van der Waals surface area contributed by atoms with Crippen molar-refractivity contribution in [2.75, 3.05) is 0 Å². The lowest BCUT2D eigenvalue weighted by Gasteiger charge is -2.07. The summed E-state index contributed by atoms with van der Waals surface area (Å²) < 4.78 is 26.6. The summed E-state index contributed by atoms with van der Waals surface area (Å²) in [7, 11) is 0. The molecule has 18 heavy (non-hydrogen) atoms. The van der Waals surface area contributed by atoms with Crippen molar-refractivity contribution in [3.05, 3.63) is 65.0 Å². The number of halogens is 2. The molecule has 1 aromatic carbocycles. The fourth-order valence-corrected chi connectivity index (χ4v) is 1.75. The number of aryl methyl sites for hydroxylation is 1. The van der Waals surface area contributed by atoms with Gasteiger partial charge < -0.3 is 0 Å². The van der Waals surface area contributed by atoms with Gasteiger partial charge in [0.15, 0.2) is 5.78 Å². The van der Waals surface area contributed by atoms with E-state index in [1.807, 2.05) is 6.92 Å². The molecule has 0 unspecified atom stereocenters. The molecule has 0 amide bonds. The van der Waals surface area contributed by atoms with E-state index in [4.69, 9.17) is 0 Å². The summed E-state index contributed by atoms with van der Waals surface area (Å²) in [5.41, 5.74) is 0.819. The Hall–Kier alpha value is -2.10. The van der Waals surface area contributed by atoms with Crippen LogP contribution in [0.2, 0.25) is 0 Å². The Morgan fingerprint density at radius 1 is 1.22 bits per heavy atom. The van der Waals surface area contributed by atoms with Crippen LogP contribution in [-0.4, -0.2) is 10.8 Å². The summed E-state index contributed by atoms with van der Waals surface area (Å²) in [4.78, 5) is 16.1. The molecule has 1 heterocycles. The highest BCUT2D eigenvalue weighted by atomic mass is 19.1. The normalized spacial score (nSPS) is 10.4. The second-order valence-corrected chi connectivity index (χ2v) is 3.84. The molecule has 2 nitrogen and oxygen atoms in total. The fraction of sp³-hybridized carbons (Fsp3) is 0.143. The first-order valence-electron chi connectivity index (χ1n) is 5.56. The zero-order chi connectivity index (χ0) is 13.1. The second kappa shape index (κ2) is 5.04. The molecular weight excluding hydrogens is 236 g/mol. The number of carbonyl (C=O) groups excluding carboxylic acids is 1. The van der Waals surface area contributed by atoms with Crippen molar-refractivity contribution in [1.29, 1.82) is 0 Å². The average Bonchev–Trinajstić information content (AvgIpc) is 2.40. The van der Waals surface area contributed by atoms with Gasteiger partial charge >= 0.3 is 0 Å². The number of rotatable bonds is 3. The minimum atomic E-state index is -0.722. The first kappa shape index (κ1) is 12.4. The zero-order valence-corrected chi connectivity index (χ0v) is 9.78. The number of pyridine rings is 1. The van der Waals surface area contributed by atoms with E-state index in [-0.39, 0.29) is 5.56 Å². The molecule has 1 aromatic heterocycles. The number of nitrogens with zero attached hydrogens (tertiary/aromatic N) is 1. The molecule has 0 aliphatic rings. The van der Waals surface area contributed by atoms with Gasteiger partial charge in [0.05, 0.1) is 5.56 Å². The first-order chi connectivity index (χ1) is 8.63. The summed E-state index contributed by atoms with van der Waals surface area (Å²) in [6.45, 7) is 1.87. The number of hydrogen-bond donors (Lipinski definition) is 0. The van der Waals surface area contributed by atoms with Crippen LogP contribution in [0.3, 0.4) is 0 Å². The van der Waals surface area contributed by atoms with Crippen molar-refractivity contribution >= 4 is 5.78 Å². The van der Waals surface area contributed by atoms with Crippen LogP contribution in [0.4, 0.5) is 8.78 Å². The Morgan fingerprint density at radius 3 is 2.72 bits per heavy atom. The monoisotopic (exact) mass is 247 g/mol. The van der Waals surface area contributed by atoms with Gasteiger partial charge in [-0.3, -0.25) is 9.78 Å². The molecule has 92 valence electrons. The summed E-state index contributed by atoms with van der Waals surface area (Å²) in [6, 6.07) is 4.37. The molecule has 0 saturated carbocycles. The van der Waals surface area contributed by atoms with Crippen LogP contribution in [0.5, 0.6) is 0 Å². The van der Waals surface area contributed by atoms with Crippen molar-refractivity contribution in [2.45, 2.75) is 13.3 Å². The minimum Gasteiger partial charge on any atom is -0.288 e. The van der Waals surface area contributed by atoms with Crippen LogP contribution in [-0.2, 0) is 6.42 Å². The van der Waals surface area contributed by atoms with Crippen molar-refractivity contribution in [1.82, 2.24) is 4.98 Å². The van der Waals surface area contributed by atoms with Crippen LogP contribution in [0.15, 0.2) is 36.7 Å². The van der Waals surface area contributed by atoms with Gasteiger partial charge in [0.25, 0.3) is 0 Å². The fourth-order valence-electron chi connectivity index (χ4n) is 1.75. The van der Waals surface area contributed by atoms with E-state index in [1.165, 1.54) is 12.3 Å². The van der Waals surface area contributed by atoms with Crippen molar-refractivity contribution < 1.29 is 13.6 Å². The van der Waals surface area contributed by atoms with E-state index < -0.39 is 17.4 Å². The Balaban J connectivity index is 2.51. The van der Waals surface area contributed by atoms with E-state index in [2.05, 4.69) is 4.98 Å². The van der Waals surface area contributed by atoms with Crippen LogP contribution in [0.1, 0.15) is 28.4 Å². The van der Waals surface area contributed by atoms with E-state index in [1.54, 1.807) is 6.20 Å². The highest BCUT2D eigenvalue weighted by molar-refractivity contribution is 6.10. The molecule has 0 atom stereocenters. The molecule has 0 saturated heterocycles. The van der Waals surface area contributed by atoms with Crippen molar-refractivity contribution in [2.24, 2.45) is 0 Å². The molecule has 4 heteroatoms. The van der Waals surface area contributed by atoms with E-state index >= 15 is 0 Å². The van der Waals surface area contributed by atoms with Crippen molar-refractivity contribution in [3.8, 4) is 0 Å². The molecule has 2 rings (SSSR count). The largest absolute Gasteiger partial charge is 0.288 e. The standard InChI is InChI=1S/C14H11F2NO/c1-2-9-8-17-6-5-11(9)14(18)12-7-10(15)3-4-13(12)16/h3-8H,2H2,1H3. The number of benzene rings is 1. The SMILES string of the molecule is CCc1cnccc1C(=O)c1cc(F)ccc1F. The first-order valence-corrected chi connectivity index (χ1v) is 5.56. The summed E-state index contributed by atoms with van der Waals surface area (Å²) in [6.07, 6.45) is 3.62. The van der Waals surface area contributed by atoms with Gasteiger partial charge in [-0.05, 0) is 36.2 Å². The summed E-state index contributed by atoms with van der Waals surface area (Å²) in [5.74, 6) is -1.88. The van der Waals surface area contributed by atoms with Gasteiger partial charge in [-0.1, -0.05) is 6.92 Å². The van der Waals surface area contributed by atoms with E-state index in [0.29, 0.717) is 17.5 Å². The Labute approximate surface area is 103 Å². The van der Waals surface area contributed by atoms with Gasteiger partial charge in [-0.2, -0.15) is 0 Å². The molecule has 0 spiro atoms. The Morgan fingerprint density at radius 2 is 2.00 bits per heavy atom. The van der Waals surface area contributed by atoms with Crippen LogP contribution >= 0.6 is 0 Å². The number of ketones is 1.